The highest BCUT2D eigenvalue weighted by atomic mass is 32.1. The lowest BCUT2D eigenvalue weighted by Crippen LogP contribution is -1.82. The molecule has 1 heterocycles. The molecule has 1 aromatic carbocycles. The van der Waals surface area contributed by atoms with Crippen molar-refractivity contribution < 1.29 is 4.74 Å². The largest absolute Gasteiger partial charge is 0.497 e. The molecule has 2 rings (SSSR count). The Labute approximate surface area is 87.2 Å². The van der Waals surface area contributed by atoms with E-state index in [2.05, 4.69) is 11.9 Å². The van der Waals surface area contributed by atoms with Gasteiger partial charge in [0.05, 0.1) is 7.11 Å². The van der Waals surface area contributed by atoms with Gasteiger partial charge in [-0.2, -0.15) is 0 Å². The van der Waals surface area contributed by atoms with Gasteiger partial charge in [0, 0.05) is 16.6 Å². The summed E-state index contributed by atoms with van der Waals surface area (Å²) in [6.45, 7) is 2.06. The molecule has 0 saturated heterocycles. The lowest BCUT2D eigenvalue weighted by Gasteiger charge is -2.00. The van der Waals surface area contributed by atoms with Crippen LogP contribution >= 0.6 is 11.3 Å². The Morgan fingerprint density at radius 2 is 2.21 bits per heavy atom. The van der Waals surface area contributed by atoms with E-state index >= 15 is 0 Å². The van der Waals surface area contributed by atoms with Gasteiger partial charge in [0.25, 0.3) is 0 Å². The van der Waals surface area contributed by atoms with Crippen LogP contribution in [0.5, 0.6) is 5.75 Å². The second-order valence-electron chi connectivity index (χ2n) is 3.01. The van der Waals surface area contributed by atoms with E-state index in [0.717, 1.165) is 16.3 Å². The van der Waals surface area contributed by atoms with E-state index < -0.39 is 0 Å². The van der Waals surface area contributed by atoms with Gasteiger partial charge in [-0.1, -0.05) is 12.1 Å². The first-order valence-electron chi connectivity index (χ1n) is 4.36. The maximum atomic E-state index is 5.16. The average molecular weight is 205 g/mol. The molecule has 0 bridgehead atoms. The van der Waals surface area contributed by atoms with E-state index in [1.165, 1.54) is 4.88 Å². The Morgan fingerprint density at radius 3 is 2.86 bits per heavy atom. The van der Waals surface area contributed by atoms with Crippen LogP contribution in [0, 0.1) is 6.92 Å². The smallest absolute Gasteiger partial charge is 0.123 e. The van der Waals surface area contributed by atoms with Crippen LogP contribution in [0.1, 0.15) is 4.88 Å². The zero-order valence-corrected chi connectivity index (χ0v) is 8.97. The number of aromatic nitrogens is 1. The quantitative estimate of drug-likeness (QED) is 0.751. The summed E-state index contributed by atoms with van der Waals surface area (Å²) in [5.74, 6) is 0.871. The van der Waals surface area contributed by atoms with E-state index in [4.69, 9.17) is 4.74 Å². The van der Waals surface area contributed by atoms with Gasteiger partial charge >= 0.3 is 0 Å². The molecule has 0 atom stereocenters. The zero-order chi connectivity index (χ0) is 9.97. The molecule has 0 radical (unpaired) electrons. The second-order valence-corrected chi connectivity index (χ2v) is 4.24. The predicted octanol–water partition coefficient (Wildman–Crippen LogP) is 3.13. The van der Waals surface area contributed by atoms with Crippen LogP contribution < -0.4 is 4.74 Å². The monoisotopic (exact) mass is 205 g/mol. The Morgan fingerprint density at radius 1 is 1.36 bits per heavy atom. The van der Waals surface area contributed by atoms with Crippen molar-refractivity contribution in [1.82, 2.24) is 4.98 Å². The molecular formula is C11H11NOS. The molecule has 0 fully saturated rings. The van der Waals surface area contributed by atoms with E-state index in [1.807, 2.05) is 30.5 Å². The first-order valence-corrected chi connectivity index (χ1v) is 5.18. The normalized spacial score (nSPS) is 10.1. The fraction of sp³-hybridized carbons (Fsp3) is 0.182. The Bertz CT molecular complexity index is 436. The first-order chi connectivity index (χ1) is 6.79. The Hall–Kier alpha value is -1.35. The van der Waals surface area contributed by atoms with Crippen LogP contribution in [-0.2, 0) is 0 Å². The van der Waals surface area contributed by atoms with Crippen LogP contribution in [0.2, 0.25) is 0 Å². The fourth-order valence-electron chi connectivity index (χ4n) is 1.24. The third kappa shape index (κ3) is 1.77. The molecule has 0 spiro atoms. The van der Waals surface area contributed by atoms with E-state index in [9.17, 15) is 0 Å². The number of hydrogen-bond donors (Lipinski definition) is 0. The van der Waals surface area contributed by atoms with Crippen LogP contribution in [0.25, 0.3) is 10.6 Å². The van der Waals surface area contributed by atoms with Crippen molar-refractivity contribution in [2.45, 2.75) is 6.92 Å². The minimum absolute atomic E-state index is 0.871. The SMILES string of the molecule is COc1cccc(-c2ncc(C)s2)c1. The standard InChI is InChI=1S/C11H11NOS/c1-8-7-12-11(14-8)9-4-3-5-10(6-9)13-2/h3-7H,1-2H3. The number of rotatable bonds is 2. The summed E-state index contributed by atoms with van der Waals surface area (Å²) >= 11 is 1.69. The second kappa shape index (κ2) is 3.80. The molecule has 0 aliphatic heterocycles. The molecule has 2 nitrogen and oxygen atoms in total. The first kappa shape index (κ1) is 9.21. The van der Waals surface area contributed by atoms with E-state index in [0.29, 0.717) is 0 Å². The number of aryl methyl sites for hydroxylation is 1. The number of benzene rings is 1. The predicted molar refractivity (Wildman–Crippen MR) is 58.8 cm³/mol. The third-order valence-corrected chi connectivity index (χ3v) is 2.90. The molecule has 0 unspecified atom stereocenters. The molecule has 14 heavy (non-hydrogen) atoms. The van der Waals surface area contributed by atoms with Crippen LogP contribution in [0.15, 0.2) is 30.5 Å². The molecule has 0 N–H and O–H groups in total. The Balaban J connectivity index is 2.41. The zero-order valence-electron chi connectivity index (χ0n) is 8.15. The molecule has 72 valence electrons. The van der Waals surface area contributed by atoms with Gasteiger partial charge in [0.1, 0.15) is 10.8 Å². The lowest BCUT2D eigenvalue weighted by atomic mass is 10.2. The van der Waals surface area contributed by atoms with E-state index in [-0.39, 0.29) is 0 Å². The number of hydrogen-bond acceptors (Lipinski definition) is 3. The molecule has 0 saturated carbocycles. The van der Waals surface area contributed by atoms with Gasteiger partial charge in [-0.3, -0.25) is 0 Å². The summed E-state index contributed by atoms with van der Waals surface area (Å²) in [6.07, 6.45) is 1.89. The summed E-state index contributed by atoms with van der Waals surface area (Å²) in [6, 6.07) is 7.95. The van der Waals surface area contributed by atoms with Crippen molar-refractivity contribution in [3.05, 3.63) is 35.3 Å². The highest BCUT2D eigenvalue weighted by molar-refractivity contribution is 7.14. The summed E-state index contributed by atoms with van der Waals surface area (Å²) in [4.78, 5) is 5.55. The maximum absolute atomic E-state index is 5.16. The summed E-state index contributed by atoms with van der Waals surface area (Å²) in [5.41, 5.74) is 1.11. The van der Waals surface area contributed by atoms with Gasteiger partial charge in [-0.15, -0.1) is 11.3 Å². The topological polar surface area (TPSA) is 22.1 Å². The third-order valence-electron chi connectivity index (χ3n) is 1.94. The van der Waals surface area contributed by atoms with E-state index in [1.54, 1.807) is 18.4 Å². The molecular weight excluding hydrogens is 194 g/mol. The van der Waals surface area contributed by atoms with Crippen molar-refractivity contribution in [3.8, 4) is 16.3 Å². The fourth-order valence-corrected chi connectivity index (χ4v) is 2.00. The van der Waals surface area contributed by atoms with Crippen LogP contribution in [-0.4, -0.2) is 12.1 Å². The van der Waals surface area contributed by atoms with Gasteiger partial charge in [-0.05, 0) is 19.1 Å². The molecule has 1 aromatic heterocycles. The molecule has 3 heteroatoms. The molecule has 0 amide bonds. The average Bonchev–Trinajstić information content (AvgIpc) is 2.65. The van der Waals surface area contributed by atoms with Gasteiger partial charge in [0.15, 0.2) is 0 Å². The van der Waals surface area contributed by atoms with Gasteiger partial charge in [-0.25, -0.2) is 4.98 Å². The summed E-state index contributed by atoms with van der Waals surface area (Å²) in [5, 5.41) is 1.04. The van der Waals surface area contributed by atoms with Crippen LogP contribution in [0.4, 0.5) is 0 Å². The molecule has 0 aliphatic carbocycles. The van der Waals surface area contributed by atoms with Crippen molar-refractivity contribution >= 4 is 11.3 Å². The minimum atomic E-state index is 0.871. The van der Waals surface area contributed by atoms with Crippen LogP contribution in [0.3, 0.4) is 0 Å². The van der Waals surface area contributed by atoms with Crippen molar-refractivity contribution in [2.75, 3.05) is 7.11 Å². The van der Waals surface area contributed by atoms with Gasteiger partial charge in [0.2, 0.25) is 0 Å². The highest BCUT2D eigenvalue weighted by Gasteiger charge is 2.02. The number of nitrogens with zero attached hydrogens (tertiary/aromatic N) is 1. The Kier molecular flexibility index (Phi) is 2.50. The number of ether oxygens (including phenoxy) is 1. The van der Waals surface area contributed by atoms with Crippen molar-refractivity contribution in [2.24, 2.45) is 0 Å². The maximum Gasteiger partial charge on any atom is 0.123 e. The summed E-state index contributed by atoms with van der Waals surface area (Å²) < 4.78 is 5.16. The summed E-state index contributed by atoms with van der Waals surface area (Å²) in [7, 11) is 1.67. The van der Waals surface area contributed by atoms with Crippen molar-refractivity contribution in [1.29, 1.82) is 0 Å². The number of methoxy groups -OCH3 is 1. The molecule has 0 aliphatic rings. The van der Waals surface area contributed by atoms with Crippen molar-refractivity contribution in [3.63, 3.8) is 0 Å². The van der Waals surface area contributed by atoms with Gasteiger partial charge < -0.3 is 4.74 Å². The lowest BCUT2D eigenvalue weighted by molar-refractivity contribution is 0.415. The molecule has 2 aromatic rings. The minimum Gasteiger partial charge on any atom is -0.497 e. The highest BCUT2D eigenvalue weighted by Crippen LogP contribution is 2.27. The number of thiazole rings is 1.